The lowest BCUT2D eigenvalue weighted by molar-refractivity contribution is 0.262. The van der Waals surface area contributed by atoms with E-state index in [0.717, 1.165) is 18.7 Å². The van der Waals surface area contributed by atoms with E-state index in [1.165, 1.54) is 6.07 Å². The fourth-order valence-corrected chi connectivity index (χ4v) is 1.51. The molecule has 0 saturated carbocycles. The van der Waals surface area contributed by atoms with Gasteiger partial charge in [0.15, 0.2) is 0 Å². The van der Waals surface area contributed by atoms with Crippen LogP contribution in [0.5, 0.6) is 5.75 Å². The van der Waals surface area contributed by atoms with E-state index in [1.54, 1.807) is 19.1 Å². The Hall–Kier alpha value is -1.09. The molecule has 16 heavy (non-hydrogen) atoms. The first-order chi connectivity index (χ1) is 7.67. The van der Waals surface area contributed by atoms with Gasteiger partial charge in [0.1, 0.15) is 18.2 Å². The summed E-state index contributed by atoms with van der Waals surface area (Å²) in [5, 5.41) is 3.33. The summed E-state index contributed by atoms with van der Waals surface area (Å²) in [4.78, 5) is 0. The van der Waals surface area contributed by atoms with Gasteiger partial charge < -0.3 is 10.1 Å². The number of hydrogen-bond donors (Lipinski definition) is 1. The Labute approximate surface area is 96.8 Å². The summed E-state index contributed by atoms with van der Waals surface area (Å²) in [6.07, 6.45) is 1.02. The molecule has 1 N–H and O–H groups in total. The highest BCUT2D eigenvalue weighted by atomic mass is 19.1. The second-order valence-corrected chi connectivity index (χ2v) is 3.88. The number of rotatable bonds is 6. The Kier molecular flexibility index (Phi) is 5.26. The molecular formula is C13H20FNO. The lowest BCUT2D eigenvalue weighted by Gasteiger charge is -2.16. The minimum absolute atomic E-state index is 0.189. The average molecular weight is 225 g/mol. The Morgan fingerprint density at radius 2 is 2.12 bits per heavy atom. The van der Waals surface area contributed by atoms with Gasteiger partial charge in [-0.25, -0.2) is 4.39 Å². The number of aryl methyl sites for hydroxylation is 1. The van der Waals surface area contributed by atoms with E-state index in [0.29, 0.717) is 18.2 Å². The van der Waals surface area contributed by atoms with Gasteiger partial charge >= 0.3 is 0 Å². The molecule has 0 heterocycles. The van der Waals surface area contributed by atoms with Crippen LogP contribution in [-0.4, -0.2) is 19.2 Å². The van der Waals surface area contributed by atoms with Crippen molar-refractivity contribution in [3.05, 3.63) is 29.6 Å². The van der Waals surface area contributed by atoms with Crippen LogP contribution in [0.3, 0.4) is 0 Å². The Morgan fingerprint density at radius 3 is 2.69 bits per heavy atom. The third-order valence-electron chi connectivity index (χ3n) is 2.57. The van der Waals surface area contributed by atoms with Crippen molar-refractivity contribution in [2.75, 3.05) is 13.2 Å². The number of nitrogens with one attached hydrogen (secondary N) is 1. The van der Waals surface area contributed by atoms with Gasteiger partial charge in [-0.3, -0.25) is 0 Å². The Morgan fingerprint density at radius 1 is 1.38 bits per heavy atom. The maximum Gasteiger partial charge on any atom is 0.126 e. The molecule has 0 aliphatic rings. The molecule has 2 nitrogen and oxygen atoms in total. The van der Waals surface area contributed by atoms with E-state index in [1.807, 2.05) is 0 Å². The van der Waals surface area contributed by atoms with E-state index in [4.69, 9.17) is 4.74 Å². The molecule has 1 atom stereocenters. The summed E-state index contributed by atoms with van der Waals surface area (Å²) in [6, 6.07) is 5.20. The molecule has 0 spiro atoms. The van der Waals surface area contributed by atoms with Crippen molar-refractivity contribution in [1.29, 1.82) is 0 Å². The monoisotopic (exact) mass is 225 g/mol. The summed E-state index contributed by atoms with van der Waals surface area (Å²) in [7, 11) is 0. The lowest BCUT2D eigenvalue weighted by Crippen LogP contribution is -2.33. The van der Waals surface area contributed by atoms with Crippen LogP contribution in [0.1, 0.15) is 25.8 Å². The molecule has 1 aromatic rings. The van der Waals surface area contributed by atoms with Crippen LogP contribution < -0.4 is 10.1 Å². The molecule has 0 fully saturated rings. The average Bonchev–Trinajstić information content (AvgIpc) is 2.28. The minimum atomic E-state index is -0.189. The van der Waals surface area contributed by atoms with Gasteiger partial charge in [-0.15, -0.1) is 0 Å². The van der Waals surface area contributed by atoms with Crippen molar-refractivity contribution < 1.29 is 9.13 Å². The van der Waals surface area contributed by atoms with Crippen LogP contribution in [0.2, 0.25) is 0 Å². The lowest BCUT2D eigenvalue weighted by atomic mass is 10.2. The van der Waals surface area contributed by atoms with Crippen molar-refractivity contribution >= 4 is 0 Å². The zero-order valence-corrected chi connectivity index (χ0v) is 10.2. The highest BCUT2D eigenvalue weighted by Crippen LogP contribution is 2.16. The van der Waals surface area contributed by atoms with Crippen molar-refractivity contribution in [3.63, 3.8) is 0 Å². The second-order valence-electron chi connectivity index (χ2n) is 3.88. The third-order valence-corrected chi connectivity index (χ3v) is 2.57. The molecule has 0 radical (unpaired) electrons. The molecule has 1 aromatic carbocycles. The second kappa shape index (κ2) is 6.48. The number of halogens is 1. The summed E-state index contributed by atoms with van der Waals surface area (Å²) < 4.78 is 18.6. The number of likely N-dealkylation sites (N-methyl/N-ethyl adjacent to an activating group) is 1. The number of benzene rings is 1. The minimum Gasteiger partial charge on any atom is -0.492 e. The number of hydrogen-bond acceptors (Lipinski definition) is 2. The van der Waals surface area contributed by atoms with Crippen LogP contribution in [0.4, 0.5) is 4.39 Å². The Bertz CT molecular complexity index is 328. The van der Waals surface area contributed by atoms with Crippen LogP contribution >= 0.6 is 0 Å². The first-order valence-corrected chi connectivity index (χ1v) is 5.79. The third kappa shape index (κ3) is 3.81. The fourth-order valence-electron chi connectivity index (χ4n) is 1.51. The van der Waals surface area contributed by atoms with Gasteiger partial charge in [-0.2, -0.15) is 0 Å². The molecule has 1 rings (SSSR count). The van der Waals surface area contributed by atoms with Gasteiger partial charge in [0, 0.05) is 6.04 Å². The summed E-state index contributed by atoms with van der Waals surface area (Å²) in [6.45, 7) is 7.49. The highest BCUT2D eigenvalue weighted by Gasteiger charge is 2.06. The van der Waals surface area contributed by atoms with Crippen LogP contribution in [0, 0.1) is 12.7 Å². The van der Waals surface area contributed by atoms with Crippen molar-refractivity contribution in [1.82, 2.24) is 5.32 Å². The normalized spacial score (nSPS) is 12.5. The molecule has 0 bridgehead atoms. The first-order valence-electron chi connectivity index (χ1n) is 5.79. The van der Waals surface area contributed by atoms with Gasteiger partial charge in [0.2, 0.25) is 0 Å². The molecule has 0 saturated heterocycles. The number of ether oxygens (including phenoxy) is 1. The van der Waals surface area contributed by atoms with Crippen molar-refractivity contribution in [2.24, 2.45) is 0 Å². The molecule has 3 heteroatoms. The highest BCUT2D eigenvalue weighted by molar-refractivity contribution is 5.28. The molecule has 0 aromatic heterocycles. The topological polar surface area (TPSA) is 21.3 Å². The molecule has 0 amide bonds. The zero-order valence-electron chi connectivity index (χ0n) is 10.2. The van der Waals surface area contributed by atoms with E-state index in [2.05, 4.69) is 19.2 Å². The molecule has 90 valence electrons. The first kappa shape index (κ1) is 13.0. The van der Waals surface area contributed by atoms with Crippen LogP contribution in [0.25, 0.3) is 0 Å². The van der Waals surface area contributed by atoms with Crippen LogP contribution in [-0.2, 0) is 0 Å². The van der Waals surface area contributed by atoms with E-state index < -0.39 is 0 Å². The maximum absolute atomic E-state index is 13.0. The summed E-state index contributed by atoms with van der Waals surface area (Å²) in [5.41, 5.74) is 0.619. The van der Waals surface area contributed by atoms with Gasteiger partial charge in [-0.1, -0.05) is 13.8 Å². The van der Waals surface area contributed by atoms with Gasteiger partial charge in [-0.05, 0) is 43.7 Å². The molecular weight excluding hydrogens is 205 g/mol. The summed E-state index contributed by atoms with van der Waals surface area (Å²) in [5.74, 6) is 0.543. The molecule has 0 aliphatic heterocycles. The summed E-state index contributed by atoms with van der Waals surface area (Å²) >= 11 is 0. The maximum atomic E-state index is 13.0. The predicted octanol–water partition coefficient (Wildman–Crippen LogP) is 2.90. The zero-order chi connectivity index (χ0) is 12.0. The van der Waals surface area contributed by atoms with E-state index >= 15 is 0 Å². The van der Waals surface area contributed by atoms with Crippen LogP contribution in [0.15, 0.2) is 18.2 Å². The predicted molar refractivity (Wildman–Crippen MR) is 64.4 cm³/mol. The van der Waals surface area contributed by atoms with Gasteiger partial charge in [0.05, 0.1) is 0 Å². The SMILES string of the molecule is CCNC(CC)COc1ccc(F)c(C)c1. The van der Waals surface area contributed by atoms with E-state index in [9.17, 15) is 4.39 Å². The van der Waals surface area contributed by atoms with Crippen molar-refractivity contribution in [2.45, 2.75) is 33.2 Å². The fraction of sp³-hybridized carbons (Fsp3) is 0.538. The van der Waals surface area contributed by atoms with Gasteiger partial charge in [0.25, 0.3) is 0 Å². The molecule has 1 unspecified atom stereocenters. The smallest absolute Gasteiger partial charge is 0.126 e. The molecule has 0 aliphatic carbocycles. The largest absolute Gasteiger partial charge is 0.492 e. The standard InChI is InChI=1S/C13H20FNO/c1-4-11(15-5-2)9-16-12-6-7-13(14)10(3)8-12/h6-8,11,15H,4-5,9H2,1-3H3. The quantitative estimate of drug-likeness (QED) is 0.803. The van der Waals surface area contributed by atoms with E-state index in [-0.39, 0.29) is 5.82 Å². The van der Waals surface area contributed by atoms with Crippen molar-refractivity contribution in [3.8, 4) is 5.75 Å². The Balaban J connectivity index is 2.50.